The highest BCUT2D eigenvalue weighted by atomic mass is 32.1. The molecule has 2 rings (SSSR count). The van der Waals surface area contributed by atoms with Gasteiger partial charge in [-0.05, 0) is 13.0 Å². The highest BCUT2D eigenvalue weighted by Gasteiger charge is 2.28. The molecule has 0 bridgehead atoms. The molecule has 25 heavy (non-hydrogen) atoms. The molecule has 1 heterocycles. The van der Waals surface area contributed by atoms with Crippen molar-refractivity contribution in [3.63, 3.8) is 0 Å². The van der Waals surface area contributed by atoms with Crippen LogP contribution in [0.1, 0.15) is 17.3 Å². The van der Waals surface area contributed by atoms with Crippen LogP contribution in [-0.2, 0) is 9.53 Å². The highest BCUT2D eigenvalue weighted by molar-refractivity contribution is 6.99. The fraction of sp³-hybridized carbons (Fsp3) is 0.143. The van der Waals surface area contributed by atoms with E-state index in [0.717, 1.165) is 17.9 Å². The Hall–Kier alpha value is -2.82. The van der Waals surface area contributed by atoms with E-state index in [-0.39, 0.29) is 18.5 Å². The number of benzene rings is 1. The normalized spacial score (nSPS) is 11.3. The minimum atomic E-state index is -2.16. The van der Waals surface area contributed by atoms with E-state index in [1.54, 1.807) is 0 Å². The smallest absolute Gasteiger partial charge is 0.343 e. The summed E-state index contributed by atoms with van der Waals surface area (Å²) >= 11 is 0.829. The Labute approximate surface area is 142 Å². The van der Waals surface area contributed by atoms with Gasteiger partial charge in [-0.2, -0.15) is 8.75 Å². The van der Waals surface area contributed by atoms with Gasteiger partial charge in [0.2, 0.25) is 5.78 Å². The van der Waals surface area contributed by atoms with Crippen LogP contribution in [0.2, 0.25) is 0 Å². The molecule has 1 aromatic carbocycles. The predicted molar refractivity (Wildman–Crippen MR) is 78.9 cm³/mol. The number of rotatable bonds is 6. The first-order valence-electron chi connectivity index (χ1n) is 6.65. The van der Waals surface area contributed by atoms with Crippen LogP contribution in [-0.4, -0.2) is 27.1 Å². The molecule has 0 aliphatic carbocycles. The molecule has 0 unspecified atom stereocenters. The number of ether oxygens (including phenoxy) is 1. The molecule has 0 fully saturated rings. The van der Waals surface area contributed by atoms with E-state index in [0.29, 0.717) is 0 Å². The first kappa shape index (κ1) is 18.5. The van der Waals surface area contributed by atoms with Gasteiger partial charge in [0.1, 0.15) is 5.57 Å². The van der Waals surface area contributed by atoms with Crippen LogP contribution >= 0.6 is 11.7 Å². The molecule has 1 N–H and O–H groups in total. The summed E-state index contributed by atoms with van der Waals surface area (Å²) in [6.45, 7) is 1.34. The average molecular weight is 375 g/mol. The SMILES string of the molecule is CCOC(=O)/C(=C/Nc1cnsn1)C(=O)c1cc(F)c(F)c(F)c1F. The summed E-state index contributed by atoms with van der Waals surface area (Å²) in [7, 11) is 0. The number of carbonyl (C=O) groups is 2. The van der Waals surface area contributed by atoms with E-state index >= 15 is 0 Å². The van der Waals surface area contributed by atoms with E-state index in [9.17, 15) is 27.2 Å². The van der Waals surface area contributed by atoms with Crippen molar-refractivity contribution in [3.05, 3.63) is 52.9 Å². The first-order valence-corrected chi connectivity index (χ1v) is 7.38. The summed E-state index contributed by atoms with van der Waals surface area (Å²) in [5, 5.41) is 2.44. The maximum absolute atomic E-state index is 13.8. The first-order chi connectivity index (χ1) is 11.9. The van der Waals surface area contributed by atoms with Crippen LogP contribution in [0, 0.1) is 23.3 Å². The fourth-order valence-electron chi connectivity index (χ4n) is 1.68. The van der Waals surface area contributed by atoms with Crippen molar-refractivity contribution >= 4 is 29.3 Å². The van der Waals surface area contributed by atoms with Crippen molar-refractivity contribution in [1.82, 2.24) is 8.75 Å². The van der Waals surface area contributed by atoms with Gasteiger partial charge in [-0.3, -0.25) is 4.79 Å². The third kappa shape index (κ3) is 3.99. The summed E-state index contributed by atoms with van der Waals surface area (Å²) in [5.41, 5.74) is -1.92. The maximum Gasteiger partial charge on any atom is 0.343 e. The van der Waals surface area contributed by atoms with Crippen molar-refractivity contribution in [2.24, 2.45) is 0 Å². The molecule has 0 aliphatic heterocycles. The molecule has 0 saturated heterocycles. The Morgan fingerprint density at radius 1 is 1.24 bits per heavy atom. The third-order valence-electron chi connectivity index (χ3n) is 2.81. The number of aromatic nitrogens is 2. The monoisotopic (exact) mass is 375 g/mol. The lowest BCUT2D eigenvalue weighted by atomic mass is 10.0. The highest BCUT2D eigenvalue weighted by Crippen LogP contribution is 2.22. The predicted octanol–water partition coefficient (Wildman–Crippen LogP) is 2.84. The molecule has 0 saturated carbocycles. The number of nitrogens with zero attached hydrogens (tertiary/aromatic N) is 2. The van der Waals surface area contributed by atoms with Gasteiger partial charge < -0.3 is 10.1 Å². The lowest BCUT2D eigenvalue weighted by molar-refractivity contribution is -0.138. The van der Waals surface area contributed by atoms with Crippen molar-refractivity contribution in [2.45, 2.75) is 6.92 Å². The summed E-state index contributed by atoms with van der Waals surface area (Å²) in [6.07, 6.45) is 2.10. The molecule has 132 valence electrons. The minimum absolute atomic E-state index is 0.115. The Kier molecular flexibility index (Phi) is 5.80. The second-order valence-corrected chi connectivity index (χ2v) is 4.95. The van der Waals surface area contributed by atoms with Crippen LogP contribution in [0.15, 0.2) is 24.0 Å². The topological polar surface area (TPSA) is 81.2 Å². The minimum Gasteiger partial charge on any atom is -0.462 e. The Bertz CT molecular complexity index is 840. The molecule has 0 radical (unpaired) electrons. The molecule has 0 aliphatic rings. The van der Waals surface area contributed by atoms with Crippen molar-refractivity contribution in [1.29, 1.82) is 0 Å². The van der Waals surface area contributed by atoms with Gasteiger partial charge in [0.05, 0.1) is 30.1 Å². The van der Waals surface area contributed by atoms with Gasteiger partial charge >= 0.3 is 5.97 Å². The van der Waals surface area contributed by atoms with Gasteiger partial charge in [0.15, 0.2) is 29.1 Å². The van der Waals surface area contributed by atoms with Crippen LogP contribution in [0.25, 0.3) is 0 Å². The number of hydrogen-bond acceptors (Lipinski definition) is 7. The molecule has 1 aromatic heterocycles. The number of Topliss-reactive ketones (excluding diaryl/α,β-unsaturated/α-hetero) is 1. The van der Waals surface area contributed by atoms with E-state index in [4.69, 9.17) is 0 Å². The molecular formula is C14H9F4N3O3S. The Balaban J connectivity index is 2.45. The summed E-state index contributed by atoms with van der Waals surface area (Å²) in [5.74, 6) is -10.3. The largest absolute Gasteiger partial charge is 0.462 e. The molecule has 2 aromatic rings. The summed E-state index contributed by atoms with van der Waals surface area (Å²) in [6, 6.07) is 0.160. The lowest BCUT2D eigenvalue weighted by Gasteiger charge is -2.09. The van der Waals surface area contributed by atoms with Crippen LogP contribution < -0.4 is 5.32 Å². The standard InChI is InChI=1S/C14H9F4N3O3S/c1-2-24-14(23)7(4-19-9-5-20-25-21-9)13(22)6-3-8(15)11(17)12(18)10(6)16/h3-5H,2H2,1H3,(H,19,21)/b7-4+. The van der Waals surface area contributed by atoms with Crippen LogP contribution in [0.4, 0.5) is 23.4 Å². The molecular weight excluding hydrogens is 366 g/mol. The number of hydrogen-bond donors (Lipinski definition) is 1. The Morgan fingerprint density at radius 3 is 2.56 bits per heavy atom. The maximum atomic E-state index is 13.8. The van der Waals surface area contributed by atoms with Crippen molar-refractivity contribution in [2.75, 3.05) is 11.9 Å². The van der Waals surface area contributed by atoms with Gasteiger partial charge in [0.25, 0.3) is 0 Å². The van der Waals surface area contributed by atoms with E-state index < -0.39 is 46.2 Å². The van der Waals surface area contributed by atoms with E-state index in [2.05, 4.69) is 18.8 Å². The third-order valence-corrected chi connectivity index (χ3v) is 3.29. The number of anilines is 1. The van der Waals surface area contributed by atoms with Crippen LogP contribution in [0.3, 0.4) is 0 Å². The van der Waals surface area contributed by atoms with Gasteiger partial charge in [-0.15, -0.1) is 0 Å². The molecule has 0 spiro atoms. The molecule has 11 heteroatoms. The number of esters is 1. The average Bonchev–Trinajstić information content (AvgIpc) is 3.10. The van der Waals surface area contributed by atoms with E-state index in [1.807, 2.05) is 0 Å². The lowest BCUT2D eigenvalue weighted by Crippen LogP contribution is -2.19. The quantitative estimate of drug-likeness (QED) is 0.122. The zero-order chi connectivity index (χ0) is 18.6. The zero-order valence-electron chi connectivity index (χ0n) is 12.5. The van der Waals surface area contributed by atoms with E-state index in [1.165, 1.54) is 13.1 Å². The second-order valence-electron chi connectivity index (χ2n) is 4.39. The number of ketones is 1. The second kappa shape index (κ2) is 7.83. The van der Waals surface area contributed by atoms with Crippen LogP contribution in [0.5, 0.6) is 0 Å². The summed E-state index contributed by atoms with van der Waals surface area (Å²) in [4.78, 5) is 24.2. The Morgan fingerprint density at radius 2 is 1.96 bits per heavy atom. The number of nitrogens with one attached hydrogen (secondary N) is 1. The summed E-state index contributed by atoms with van der Waals surface area (Å²) < 4.78 is 65.5. The molecule has 0 amide bonds. The zero-order valence-corrected chi connectivity index (χ0v) is 13.3. The van der Waals surface area contributed by atoms with Gasteiger partial charge in [0, 0.05) is 6.20 Å². The molecule has 0 atom stereocenters. The van der Waals surface area contributed by atoms with Crippen molar-refractivity contribution in [3.8, 4) is 0 Å². The van der Waals surface area contributed by atoms with Gasteiger partial charge in [-0.1, -0.05) is 0 Å². The number of halogens is 4. The van der Waals surface area contributed by atoms with Crippen molar-refractivity contribution < 1.29 is 31.9 Å². The van der Waals surface area contributed by atoms with Gasteiger partial charge in [-0.25, -0.2) is 22.4 Å². The molecule has 6 nitrogen and oxygen atoms in total. The number of carbonyl (C=O) groups excluding carboxylic acids is 2. The fourth-order valence-corrected chi connectivity index (χ4v) is 2.07.